The summed E-state index contributed by atoms with van der Waals surface area (Å²) in [5, 5.41) is 6.10. The predicted octanol–water partition coefficient (Wildman–Crippen LogP) is 5.18. The number of pyridine rings is 1. The number of benzene rings is 2. The Hall–Kier alpha value is -3.95. The lowest BCUT2D eigenvalue weighted by molar-refractivity contribution is 0.0948. The zero-order chi connectivity index (χ0) is 26.7. The minimum atomic E-state index is -3.67. The number of aryl methyl sites for hydroxylation is 3. The molecular weight excluding hydrogens is 500 g/mol. The number of nitrogens with zero attached hydrogens (tertiary/aromatic N) is 1. The Kier molecular flexibility index (Phi) is 7.31. The van der Waals surface area contributed by atoms with E-state index < -0.39 is 10.0 Å². The van der Waals surface area contributed by atoms with Crippen molar-refractivity contribution in [2.24, 2.45) is 0 Å². The lowest BCUT2D eigenvalue weighted by Gasteiger charge is -2.16. The average molecular weight is 531 g/mol. The summed E-state index contributed by atoms with van der Waals surface area (Å²) in [6.07, 6.45) is 3.92. The van der Waals surface area contributed by atoms with Gasteiger partial charge in [0.2, 0.25) is 10.0 Å². The van der Waals surface area contributed by atoms with E-state index in [1.54, 1.807) is 30.5 Å². The summed E-state index contributed by atoms with van der Waals surface area (Å²) < 4.78 is 34.5. The lowest BCUT2D eigenvalue weighted by Crippen LogP contribution is -2.27. The third-order valence-corrected chi connectivity index (χ3v) is 8.18. The van der Waals surface area contributed by atoms with Crippen LogP contribution in [-0.4, -0.2) is 19.3 Å². The fraction of sp³-hybridized carbons (Fsp3) is 0.241. The van der Waals surface area contributed by atoms with Crippen LogP contribution in [0.1, 0.15) is 58.0 Å². The van der Waals surface area contributed by atoms with E-state index in [9.17, 15) is 13.2 Å². The van der Waals surface area contributed by atoms with Crippen molar-refractivity contribution in [3.63, 3.8) is 0 Å². The summed E-state index contributed by atoms with van der Waals surface area (Å²) in [5.41, 5.74) is 4.21. The molecule has 2 aromatic carbocycles. The lowest BCUT2D eigenvalue weighted by atomic mass is 10.1. The molecule has 9 heteroatoms. The van der Waals surface area contributed by atoms with Gasteiger partial charge in [-0.05, 0) is 91.4 Å². The highest BCUT2D eigenvalue weighted by Crippen LogP contribution is 2.35. The number of rotatable bonds is 9. The molecule has 3 N–H and O–H groups in total. The van der Waals surface area contributed by atoms with Crippen LogP contribution in [0.15, 0.2) is 82.2 Å². The molecule has 1 aliphatic carbocycles. The maximum absolute atomic E-state index is 13.1. The summed E-state index contributed by atoms with van der Waals surface area (Å²) in [6.45, 7) is 4.15. The third-order valence-electron chi connectivity index (χ3n) is 6.70. The van der Waals surface area contributed by atoms with Gasteiger partial charge in [0.05, 0.1) is 17.0 Å². The van der Waals surface area contributed by atoms with Gasteiger partial charge in [0, 0.05) is 17.9 Å². The molecule has 0 radical (unpaired) electrons. The fourth-order valence-electron chi connectivity index (χ4n) is 4.63. The van der Waals surface area contributed by atoms with Crippen molar-refractivity contribution in [1.82, 2.24) is 15.0 Å². The van der Waals surface area contributed by atoms with E-state index in [-0.39, 0.29) is 23.4 Å². The van der Waals surface area contributed by atoms with Crippen LogP contribution in [0.4, 0.5) is 11.5 Å². The van der Waals surface area contributed by atoms with Crippen LogP contribution in [0.2, 0.25) is 0 Å². The number of fused-ring (bicyclic) bond motifs is 1. The normalized spacial score (nSPS) is 14.7. The van der Waals surface area contributed by atoms with Crippen molar-refractivity contribution in [2.45, 2.75) is 50.6 Å². The molecule has 0 aliphatic heterocycles. The quantitative estimate of drug-likeness (QED) is 0.275. The van der Waals surface area contributed by atoms with Gasteiger partial charge in [0.15, 0.2) is 0 Å². The van der Waals surface area contributed by atoms with Gasteiger partial charge in [-0.1, -0.05) is 25.1 Å². The second kappa shape index (κ2) is 10.8. The van der Waals surface area contributed by atoms with Gasteiger partial charge in [-0.3, -0.25) is 4.79 Å². The van der Waals surface area contributed by atoms with Crippen molar-refractivity contribution >= 4 is 27.4 Å². The van der Waals surface area contributed by atoms with Crippen molar-refractivity contribution in [2.75, 3.05) is 5.32 Å². The fourth-order valence-corrected chi connectivity index (χ4v) is 5.88. The number of aromatic nitrogens is 1. The molecular formula is C29H30N4O4S. The molecule has 2 heterocycles. The van der Waals surface area contributed by atoms with E-state index >= 15 is 0 Å². The van der Waals surface area contributed by atoms with E-state index in [1.807, 2.05) is 56.3 Å². The average Bonchev–Trinajstić information content (AvgIpc) is 3.52. The predicted molar refractivity (Wildman–Crippen MR) is 146 cm³/mol. The van der Waals surface area contributed by atoms with Crippen LogP contribution in [0.3, 0.4) is 0 Å². The molecule has 0 spiro atoms. The molecule has 0 fully saturated rings. The molecule has 2 aromatic heterocycles. The van der Waals surface area contributed by atoms with Gasteiger partial charge < -0.3 is 15.1 Å². The minimum absolute atomic E-state index is 0.256. The van der Waals surface area contributed by atoms with Gasteiger partial charge in [0.1, 0.15) is 17.3 Å². The first-order valence-corrected chi connectivity index (χ1v) is 14.1. The molecule has 1 atom stereocenters. The van der Waals surface area contributed by atoms with Crippen LogP contribution in [0, 0.1) is 6.92 Å². The van der Waals surface area contributed by atoms with Crippen molar-refractivity contribution in [1.29, 1.82) is 0 Å². The summed E-state index contributed by atoms with van der Waals surface area (Å²) in [4.78, 5) is 17.5. The topological polar surface area (TPSA) is 113 Å². The third kappa shape index (κ3) is 5.64. The maximum atomic E-state index is 13.1. The number of carbonyl (C=O) groups is 1. The Morgan fingerprint density at radius 3 is 2.63 bits per heavy atom. The smallest absolute Gasteiger partial charge is 0.255 e. The monoisotopic (exact) mass is 530 g/mol. The molecule has 0 saturated carbocycles. The molecule has 1 amide bonds. The van der Waals surface area contributed by atoms with Gasteiger partial charge in [-0.2, -0.15) is 0 Å². The maximum Gasteiger partial charge on any atom is 0.255 e. The summed E-state index contributed by atoms with van der Waals surface area (Å²) >= 11 is 0. The van der Waals surface area contributed by atoms with Crippen molar-refractivity contribution in [3.05, 3.63) is 107 Å². The van der Waals surface area contributed by atoms with E-state index in [2.05, 4.69) is 20.3 Å². The van der Waals surface area contributed by atoms with Gasteiger partial charge in [0.25, 0.3) is 5.91 Å². The van der Waals surface area contributed by atoms with Crippen LogP contribution in [-0.2, 0) is 29.4 Å². The highest BCUT2D eigenvalue weighted by atomic mass is 32.2. The van der Waals surface area contributed by atoms with E-state index in [0.29, 0.717) is 23.6 Å². The Morgan fingerprint density at radius 1 is 1.08 bits per heavy atom. The van der Waals surface area contributed by atoms with Crippen LogP contribution in [0.25, 0.3) is 0 Å². The molecule has 4 aromatic rings. The van der Waals surface area contributed by atoms with Crippen molar-refractivity contribution in [3.8, 4) is 0 Å². The first-order valence-electron chi connectivity index (χ1n) is 12.6. The Labute approximate surface area is 222 Å². The zero-order valence-electron chi connectivity index (χ0n) is 21.3. The molecule has 1 unspecified atom stereocenters. The molecule has 8 nitrogen and oxygen atoms in total. The first-order chi connectivity index (χ1) is 18.3. The summed E-state index contributed by atoms with van der Waals surface area (Å²) in [5.74, 6) is 1.58. The van der Waals surface area contributed by atoms with E-state index in [4.69, 9.17) is 4.42 Å². The van der Waals surface area contributed by atoms with E-state index in [0.717, 1.165) is 41.0 Å². The number of sulfonamides is 1. The Bertz CT molecular complexity index is 1560. The van der Waals surface area contributed by atoms with Gasteiger partial charge >= 0.3 is 0 Å². The summed E-state index contributed by atoms with van der Waals surface area (Å²) in [6, 6.07) is 19.6. The Balaban J connectivity index is 1.32. The van der Waals surface area contributed by atoms with Crippen LogP contribution >= 0.6 is 0 Å². The SMILES string of the molecule is CCc1ccc(S(=O)(=O)NC2CCc3ccc(Nc4ncccc4C(=O)NCc4ccc(C)o4)cc32)cc1. The number of nitrogens with one attached hydrogen (secondary N) is 3. The number of furan rings is 1. The number of amides is 1. The molecule has 0 bridgehead atoms. The Morgan fingerprint density at radius 2 is 1.89 bits per heavy atom. The van der Waals surface area contributed by atoms with Gasteiger partial charge in [-0.25, -0.2) is 18.1 Å². The molecule has 5 rings (SSSR count). The number of anilines is 2. The number of hydrogen-bond donors (Lipinski definition) is 3. The standard InChI is InChI=1S/C29H30N4O4S/c1-3-20-7-13-24(14-8-20)38(35,36)33-27-15-10-21-9-11-22(17-26(21)27)32-28-25(5-4-16-30-28)29(34)31-18-23-12-6-19(2)37-23/h4-9,11-14,16-17,27,33H,3,10,15,18H2,1-2H3,(H,30,32)(H,31,34). The second-order valence-corrected chi connectivity index (χ2v) is 11.1. The number of hydrogen-bond acceptors (Lipinski definition) is 6. The minimum Gasteiger partial charge on any atom is -0.465 e. The zero-order valence-corrected chi connectivity index (χ0v) is 22.1. The van der Waals surface area contributed by atoms with Crippen molar-refractivity contribution < 1.29 is 17.6 Å². The van der Waals surface area contributed by atoms with Gasteiger partial charge in [-0.15, -0.1) is 0 Å². The molecule has 0 saturated heterocycles. The second-order valence-electron chi connectivity index (χ2n) is 9.34. The van der Waals surface area contributed by atoms with Crippen LogP contribution < -0.4 is 15.4 Å². The highest BCUT2D eigenvalue weighted by Gasteiger charge is 2.28. The first kappa shape index (κ1) is 25.7. The summed E-state index contributed by atoms with van der Waals surface area (Å²) in [7, 11) is -3.67. The molecule has 38 heavy (non-hydrogen) atoms. The molecule has 196 valence electrons. The largest absolute Gasteiger partial charge is 0.465 e. The van der Waals surface area contributed by atoms with E-state index in [1.165, 1.54) is 0 Å². The highest BCUT2D eigenvalue weighted by molar-refractivity contribution is 7.89. The number of carbonyl (C=O) groups excluding carboxylic acids is 1. The molecule has 1 aliphatic rings. The van der Waals surface area contributed by atoms with Crippen LogP contribution in [0.5, 0.6) is 0 Å².